The van der Waals surface area contributed by atoms with Crippen molar-refractivity contribution >= 4 is 35.1 Å². The summed E-state index contributed by atoms with van der Waals surface area (Å²) >= 11 is 1.55. The average Bonchev–Trinajstić information content (AvgIpc) is 2.79. The third kappa shape index (κ3) is 5.06. The van der Waals surface area contributed by atoms with E-state index >= 15 is 0 Å². The van der Waals surface area contributed by atoms with Crippen molar-refractivity contribution in [3.8, 4) is 0 Å². The van der Waals surface area contributed by atoms with Gasteiger partial charge in [-0.05, 0) is 41.9 Å². The lowest BCUT2D eigenvalue weighted by molar-refractivity contribution is -0.143. The molecule has 2 aromatic rings. The van der Waals surface area contributed by atoms with Gasteiger partial charge < -0.3 is 4.74 Å². The normalized spacial score (nSPS) is 22.4. The second-order valence-electron chi connectivity index (χ2n) is 9.11. The largest absolute Gasteiger partial charge is 0.469 e. The van der Waals surface area contributed by atoms with Crippen molar-refractivity contribution in [1.82, 2.24) is 14.9 Å². The maximum Gasteiger partial charge on any atom is 0.305 e. The molecule has 0 N–H and O–H groups in total. The summed E-state index contributed by atoms with van der Waals surface area (Å²) < 4.78 is 4.96. The van der Waals surface area contributed by atoms with Crippen LogP contribution in [0.15, 0.2) is 40.5 Å². The van der Waals surface area contributed by atoms with Gasteiger partial charge in [-0.25, -0.2) is 9.97 Å². The Balaban J connectivity index is 1.54. The molecule has 1 aromatic carbocycles. The fourth-order valence-electron chi connectivity index (χ4n) is 5.26. The second kappa shape index (κ2) is 10.2. The number of fused-ring (bicyclic) bond motifs is 2. The van der Waals surface area contributed by atoms with E-state index in [4.69, 9.17) is 4.74 Å². The van der Waals surface area contributed by atoms with Crippen molar-refractivity contribution in [2.45, 2.75) is 56.5 Å². The van der Waals surface area contributed by atoms with Gasteiger partial charge in [0.25, 0.3) is 0 Å². The number of benzene rings is 1. The van der Waals surface area contributed by atoms with Crippen LogP contribution in [0.4, 0.5) is 11.5 Å². The van der Waals surface area contributed by atoms with Gasteiger partial charge in [-0.15, -0.1) is 0 Å². The maximum absolute atomic E-state index is 12.5. The van der Waals surface area contributed by atoms with Crippen LogP contribution >= 0.6 is 11.8 Å². The Labute approximate surface area is 199 Å². The summed E-state index contributed by atoms with van der Waals surface area (Å²) in [7, 11) is 1.47. The van der Waals surface area contributed by atoms with Crippen molar-refractivity contribution in [3.05, 3.63) is 36.2 Å². The van der Waals surface area contributed by atoms with Gasteiger partial charge in [-0.2, -0.15) is 0 Å². The minimum absolute atomic E-state index is 0.0734. The van der Waals surface area contributed by atoms with Gasteiger partial charge in [0.2, 0.25) is 5.91 Å². The first-order valence-electron chi connectivity index (χ1n) is 11.6. The molecule has 3 heterocycles. The zero-order chi connectivity index (χ0) is 23.5. The SMILES string of the molecule is CCCC1CN(Cc2ccc3c(c2)N(C(C)=O)c2nccnc2S3)CC(C)C1CC(=O)OC. The Morgan fingerprint density at radius 2 is 2.00 bits per heavy atom. The highest BCUT2D eigenvalue weighted by Crippen LogP contribution is 2.46. The van der Waals surface area contributed by atoms with E-state index in [1.54, 1.807) is 36.0 Å². The number of ether oxygens (including phenoxy) is 1. The molecule has 4 rings (SSSR count). The Morgan fingerprint density at radius 1 is 1.21 bits per heavy atom. The molecule has 33 heavy (non-hydrogen) atoms. The zero-order valence-electron chi connectivity index (χ0n) is 19.8. The zero-order valence-corrected chi connectivity index (χ0v) is 20.6. The first-order chi connectivity index (χ1) is 15.9. The lowest BCUT2D eigenvalue weighted by Gasteiger charge is -2.42. The Morgan fingerprint density at radius 3 is 2.73 bits per heavy atom. The first-order valence-corrected chi connectivity index (χ1v) is 12.4. The number of aromatic nitrogens is 2. The predicted octanol–water partition coefficient (Wildman–Crippen LogP) is 4.67. The van der Waals surface area contributed by atoms with Crippen molar-refractivity contribution in [2.24, 2.45) is 17.8 Å². The quantitative estimate of drug-likeness (QED) is 0.570. The molecule has 3 atom stereocenters. The van der Waals surface area contributed by atoms with Gasteiger partial charge in [-0.1, -0.05) is 38.1 Å². The van der Waals surface area contributed by atoms with Crippen LogP contribution in [0, 0.1) is 17.8 Å². The number of nitrogens with zero attached hydrogens (tertiary/aromatic N) is 4. The third-order valence-corrected chi connectivity index (χ3v) is 7.76. The number of carbonyl (C=O) groups is 2. The predicted molar refractivity (Wildman–Crippen MR) is 128 cm³/mol. The standard InChI is InChI=1S/C25H32N4O3S/c1-5-6-19-15-28(13-16(2)20(19)12-23(31)32-4)14-18-7-8-22-21(11-18)29(17(3)30)24-25(33-22)27-10-9-26-24/h7-11,16,19-20H,5-6,12-15H2,1-4H3. The van der Waals surface area contributed by atoms with Crippen LogP contribution < -0.4 is 4.90 Å². The van der Waals surface area contributed by atoms with Crippen LogP contribution in [0.2, 0.25) is 0 Å². The van der Waals surface area contributed by atoms with E-state index in [0.717, 1.165) is 48.1 Å². The molecule has 0 saturated carbocycles. The molecule has 1 fully saturated rings. The monoisotopic (exact) mass is 468 g/mol. The van der Waals surface area contributed by atoms with E-state index in [1.165, 1.54) is 12.7 Å². The molecule has 0 spiro atoms. The molecule has 1 saturated heterocycles. The highest BCUT2D eigenvalue weighted by atomic mass is 32.2. The van der Waals surface area contributed by atoms with Crippen LogP contribution in [0.25, 0.3) is 0 Å². The van der Waals surface area contributed by atoms with Crippen LogP contribution in [-0.4, -0.2) is 46.9 Å². The van der Waals surface area contributed by atoms with Gasteiger partial charge in [0.15, 0.2) is 5.82 Å². The molecule has 176 valence electrons. The van der Waals surface area contributed by atoms with Gasteiger partial charge in [0, 0.05) is 50.3 Å². The van der Waals surface area contributed by atoms with Gasteiger partial charge in [0.05, 0.1) is 12.8 Å². The van der Waals surface area contributed by atoms with Crippen molar-refractivity contribution in [1.29, 1.82) is 0 Å². The lowest BCUT2D eigenvalue weighted by Crippen LogP contribution is -2.45. The Bertz CT molecular complexity index is 1030. The highest BCUT2D eigenvalue weighted by Gasteiger charge is 2.36. The molecule has 0 aliphatic carbocycles. The summed E-state index contributed by atoms with van der Waals surface area (Å²) in [5.74, 6) is 1.66. The Hall–Kier alpha value is -2.45. The van der Waals surface area contributed by atoms with Crippen LogP contribution in [0.3, 0.4) is 0 Å². The molecule has 1 aromatic heterocycles. The number of esters is 1. The number of likely N-dealkylation sites (tertiary alicyclic amines) is 1. The number of piperidine rings is 1. The van der Waals surface area contributed by atoms with Gasteiger partial charge in [-0.3, -0.25) is 19.4 Å². The number of methoxy groups -OCH3 is 1. The van der Waals surface area contributed by atoms with E-state index in [1.807, 2.05) is 0 Å². The molecule has 2 aliphatic heterocycles. The van der Waals surface area contributed by atoms with Crippen LogP contribution in [0.1, 0.15) is 45.6 Å². The van der Waals surface area contributed by atoms with Crippen molar-refractivity contribution < 1.29 is 14.3 Å². The number of hydrogen-bond acceptors (Lipinski definition) is 7. The molecule has 1 amide bonds. The molecule has 8 heteroatoms. The van der Waals surface area contributed by atoms with E-state index in [-0.39, 0.29) is 11.9 Å². The summed E-state index contributed by atoms with van der Waals surface area (Å²) in [5.41, 5.74) is 2.04. The van der Waals surface area contributed by atoms with E-state index in [0.29, 0.717) is 30.0 Å². The summed E-state index contributed by atoms with van der Waals surface area (Å²) in [6.45, 7) is 8.74. The topological polar surface area (TPSA) is 75.6 Å². The van der Waals surface area contributed by atoms with Gasteiger partial charge >= 0.3 is 5.97 Å². The fourth-order valence-corrected chi connectivity index (χ4v) is 6.21. The minimum Gasteiger partial charge on any atom is -0.469 e. The molecule has 0 radical (unpaired) electrons. The molecule has 7 nitrogen and oxygen atoms in total. The summed E-state index contributed by atoms with van der Waals surface area (Å²) in [5, 5.41) is 0.747. The number of amides is 1. The minimum atomic E-state index is -0.110. The highest BCUT2D eigenvalue weighted by molar-refractivity contribution is 7.99. The Kier molecular flexibility index (Phi) is 7.34. The fraction of sp³-hybridized carbons (Fsp3) is 0.520. The molecular weight excluding hydrogens is 436 g/mol. The van der Waals surface area contributed by atoms with Crippen molar-refractivity contribution in [3.63, 3.8) is 0 Å². The second-order valence-corrected chi connectivity index (χ2v) is 10.1. The molecule has 2 aliphatic rings. The number of rotatable bonds is 6. The van der Waals surface area contributed by atoms with E-state index < -0.39 is 0 Å². The smallest absolute Gasteiger partial charge is 0.305 e. The van der Waals surface area contributed by atoms with Gasteiger partial charge in [0.1, 0.15) is 5.03 Å². The first kappa shape index (κ1) is 23.7. The summed E-state index contributed by atoms with van der Waals surface area (Å²) in [4.78, 5) is 38.5. The maximum atomic E-state index is 12.5. The number of carbonyl (C=O) groups excluding carboxylic acids is 2. The summed E-state index contributed by atoms with van der Waals surface area (Å²) in [6.07, 6.45) is 5.99. The lowest BCUT2D eigenvalue weighted by atomic mass is 9.74. The van der Waals surface area contributed by atoms with Crippen LogP contribution in [-0.2, 0) is 20.9 Å². The van der Waals surface area contributed by atoms with Crippen molar-refractivity contribution in [2.75, 3.05) is 25.1 Å². The molecular formula is C25H32N4O3S. The van der Waals surface area contributed by atoms with Crippen LogP contribution in [0.5, 0.6) is 0 Å². The number of anilines is 2. The van der Waals surface area contributed by atoms with E-state index in [2.05, 4.69) is 46.9 Å². The average molecular weight is 469 g/mol. The molecule has 0 bridgehead atoms. The number of hydrogen-bond donors (Lipinski definition) is 0. The van der Waals surface area contributed by atoms with E-state index in [9.17, 15) is 9.59 Å². The molecule has 3 unspecified atom stereocenters. The third-order valence-electron chi connectivity index (χ3n) is 6.72. The summed E-state index contributed by atoms with van der Waals surface area (Å²) in [6, 6.07) is 6.34.